The van der Waals surface area contributed by atoms with Crippen LogP contribution < -0.4 is 4.74 Å². The number of aliphatic hydroxyl groups excluding tert-OH is 1. The van der Waals surface area contributed by atoms with Crippen molar-refractivity contribution in [2.75, 3.05) is 13.1 Å². The van der Waals surface area contributed by atoms with Gasteiger partial charge in [-0.1, -0.05) is 23.2 Å². The van der Waals surface area contributed by atoms with Crippen molar-refractivity contribution in [2.24, 2.45) is 13.0 Å². The summed E-state index contributed by atoms with van der Waals surface area (Å²) in [6, 6.07) is 5.34. The highest BCUT2D eigenvalue weighted by molar-refractivity contribution is 6.37. The number of carboxylic acid groups (broad SMARTS) is 1. The Hall–Kier alpha value is -3.02. The first-order valence-corrected chi connectivity index (χ1v) is 12.0. The van der Waals surface area contributed by atoms with Crippen molar-refractivity contribution < 1.29 is 37.7 Å². The molecule has 1 unspecified atom stereocenters. The molecule has 8 nitrogen and oxygen atoms in total. The highest BCUT2D eigenvalue weighted by atomic mass is 35.5. The monoisotopic (exact) mass is 559 g/mol. The summed E-state index contributed by atoms with van der Waals surface area (Å²) in [6.45, 7) is 0.668. The number of likely N-dealkylation sites (tertiary alicyclic amines) is 1. The first kappa shape index (κ1) is 27.0. The van der Waals surface area contributed by atoms with Gasteiger partial charge in [-0.05, 0) is 37.0 Å². The molecule has 37 heavy (non-hydrogen) atoms. The van der Waals surface area contributed by atoms with Gasteiger partial charge in [-0.2, -0.15) is 0 Å². The van der Waals surface area contributed by atoms with Gasteiger partial charge in [0.25, 0.3) is 5.91 Å². The van der Waals surface area contributed by atoms with Gasteiger partial charge in [-0.15, -0.1) is 13.2 Å². The number of benzene rings is 1. The molecule has 0 saturated carbocycles. The fourth-order valence-corrected chi connectivity index (χ4v) is 5.18. The molecule has 1 fully saturated rings. The Morgan fingerprint density at radius 3 is 2.51 bits per heavy atom. The molecule has 1 aliphatic rings. The summed E-state index contributed by atoms with van der Waals surface area (Å²) in [5, 5.41) is 20.6. The number of hydrogen-bond acceptors (Lipinski definition) is 5. The van der Waals surface area contributed by atoms with Gasteiger partial charge in [0, 0.05) is 49.8 Å². The number of aromatic nitrogens is 2. The number of fused-ring (bicyclic) bond motifs is 1. The van der Waals surface area contributed by atoms with Gasteiger partial charge < -0.3 is 24.4 Å². The number of hydrogen-bond donors (Lipinski definition) is 2. The number of rotatable bonds is 6. The van der Waals surface area contributed by atoms with Crippen LogP contribution in [0.1, 0.15) is 47.1 Å². The van der Waals surface area contributed by atoms with Gasteiger partial charge in [0.05, 0.1) is 21.3 Å². The Labute approximate surface area is 219 Å². The van der Waals surface area contributed by atoms with Crippen LogP contribution in [-0.2, 0) is 11.8 Å². The van der Waals surface area contributed by atoms with Crippen LogP contribution in [0.4, 0.5) is 13.2 Å². The Bertz CT molecular complexity index is 1350. The zero-order valence-corrected chi connectivity index (χ0v) is 20.9. The van der Waals surface area contributed by atoms with E-state index in [0.29, 0.717) is 36.8 Å². The van der Waals surface area contributed by atoms with Gasteiger partial charge in [-0.25, -0.2) is 4.98 Å². The van der Waals surface area contributed by atoms with Crippen molar-refractivity contribution >= 4 is 46.0 Å². The fraction of sp³-hybridized carbons (Fsp3) is 0.375. The summed E-state index contributed by atoms with van der Waals surface area (Å²) in [4.78, 5) is 29.7. The second kappa shape index (κ2) is 10.4. The molecule has 1 aliphatic heterocycles. The summed E-state index contributed by atoms with van der Waals surface area (Å²) in [5.74, 6) is -1.80. The predicted molar refractivity (Wildman–Crippen MR) is 129 cm³/mol. The van der Waals surface area contributed by atoms with Crippen molar-refractivity contribution in [3.63, 3.8) is 0 Å². The van der Waals surface area contributed by atoms with Crippen molar-refractivity contribution in [3.8, 4) is 5.75 Å². The minimum Gasteiger partial charge on any atom is -0.481 e. The van der Waals surface area contributed by atoms with E-state index in [4.69, 9.17) is 28.3 Å². The lowest BCUT2D eigenvalue weighted by Gasteiger charge is -2.31. The average molecular weight is 560 g/mol. The molecule has 0 spiro atoms. The van der Waals surface area contributed by atoms with E-state index in [9.17, 15) is 27.9 Å². The van der Waals surface area contributed by atoms with Crippen LogP contribution in [-0.4, -0.2) is 56.0 Å². The number of aliphatic hydroxyl groups is 1. The number of aliphatic carboxylic acids is 1. The molecule has 0 aliphatic carbocycles. The largest absolute Gasteiger partial charge is 0.573 e. The number of ether oxygens (including phenoxy) is 1. The summed E-state index contributed by atoms with van der Waals surface area (Å²) in [7, 11) is 1.55. The Morgan fingerprint density at radius 1 is 1.22 bits per heavy atom. The second-order valence-corrected chi connectivity index (χ2v) is 9.60. The number of nitrogens with zero attached hydrogens (tertiary/aromatic N) is 3. The summed E-state index contributed by atoms with van der Waals surface area (Å²) >= 11 is 12.8. The average Bonchev–Trinajstić information content (AvgIpc) is 3.13. The lowest BCUT2D eigenvalue weighted by atomic mass is 9.93. The first-order chi connectivity index (χ1) is 17.4. The van der Waals surface area contributed by atoms with Crippen LogP contribution in [0.3, 0.4) is 0 Å². The van der Waals surface area contributed by atoms with E-state index in [1.165, 1.54) is 27.8 Å². The van der Waals surface area contributed by atoms with Gasteiger partial charge in [-0.3, -0.25) is 9.59 Å². The number of amides is 1. The maximum atomic E-state index is 13.2. The number of aryl methyl sites for hydroxylation is 1. The number of halogens is 5. The zero-order valence-electron chi connectivity index (χ0n) is 19.4. The predicted octanol–water partition coefficient (Wildman–Crippen LogP) is 5.19. The van der Waals surface area contributed by atoms with Gasteiger partial charge >= 0.3 is 12.3 Å². The summed E-state index contributed by atoms with van der Waals surface area (Å²) in [6.07, 6.45) is -4.00. The van der Waals surface area contributed by atoms with Crippen LogP contribution in [0.25, 0.3) is 10.9 Å². The molecule has 1 saturated heterocycles. The highest BCUT2D eigenvalue weighted by Gasteiger charge is 2.32. The fourth-order valence-electron chi connectivity index (χ4n) is 4.56. The molecule has 13 heteroatoms. The molecule has 1 aromatic carbocycles. The van der Waals surface area contributed by atoms with Gasteiger partial charge in [0.1, 0.15) is 17.5 Å². The van der Waals surface area contributed by atoms with E-state index in [1.54, 1.807) is 13.1 Å². The molecule has 3 aromatic rings. The number of piperidine rings is 1. The highest BCUT2D eigenvalue weighted by Crippen LogP contribution is 2.38. The second-order valence-electron chi connectivity index (χ2n) is 8.82. The number of alkyl halides is 3. The minimum absolute atomic E-state index is 0.000524. The lowest BCUT2D eigenvalue weighted by molar-refractivity contribution is -0.274. The van der Waals surface area contributed by atoms with E-state index >= 15 is 0 Å². The van der Waals surface area contributed by atoms with E-state index in [1.807, 2.05) is 0 Å². The van der Waals surface area contributed by atoms with Crippen LogP contribution in [0, 0.1) is 5.92 Å². The molecule has 198 valence electrons. The molecular formula is C24H22Cl2F3N3O5. The first-order valence-electron chi connectivity index (χ1n) is 11.2. The standard InChI is InChI=1S/C24H22Cl2F3N3O5/c1-31-16-10-14(37-24(27,28)29)3-2-13(16)9-17(31)22(35)19-15(25)11-30-21(20(19)26)23(36)32-6-4-12(5-7-32)8-18(33)34/h2-3,9-12,22,35H,4-8H2,1H3,(H,33,34). The molecule has 3 heterocycles. The lowest BCUT2D eigenvalue weighted by Crippen LogP contribution is -2.39. The number of carbonyl (C=O) groups excluding carboxylic acids is 1. The third-order valence-corrected chi connectivity index (χ3v) is 7.10. The van der Waals surface area contributed by atoms with E-state index in [-0.39, 0.29) is 39.3 Å². The molecule has 2 aromatic heterocycles. The molecule has 2 N–H and O–H groups in total. The SMILES string of the molecule is Cn1c(C(O)c2c(Cl)cnc(C(=O)N3CCC(CC(=O)O)CC3)c2Cl)cc2ccc(OC(F)(F)F)cc21. The van der Waals surface area contributed by atoms with Crippen molar-refractivity contribution in [3.05, 3.63) is 57.5 Å². The smallest absolute Gasteiger partial charge is 0.481 e. The zero-order chi connectivity index (χ0) is 27.1. The Kier molecular flexibility index (Phi) is 7.59. The Balaban J connectivity index is 1.62. The summed E-state index contributed by atoms with van der Waals surface area (Å²) in [5.41, 5.74) is 0.538. The van der Waals surface area contributed by atoms with E-state index in [2.05, 4.69) is 9.72 Å². The normalized spacial score (nSPS) is 15.7. The van der Waals surface area contributed by atoms with Crippen LogP contribution >= 0.6 is 23.2 Å². The molecule has 1 atom stereocenters. The van der Waals surface area contributed by atoms with Crippen LogP contribution in [0.2, 0.25) is 10.0 Å². The number of carboxylic acids is 1. The third kappa shape index (κ3) is 5.78. The topological polar surface area (TPSA) is 105 Å². The van der Waals surface area contributed by atoms with Gasteiger partial charge in [0.2, 0.25) is 0 Å². The quantitative estimate of drug-likeness (QED) is 0.430. The minimum atomic E-state index is -4.85. The van der Waals surface area contributed by atoms with E-state index < -0.39 is 30.1 Å². The van der Waals surface area contributed by atoms with Crippen molar-refractivity contribution in [1.29, 1.82) is 0 Å². The van der Waals surface area contributed by atoms with Crippen molar-refractivity contribution in [2.45, 2.75) is 31.7 Å². The van der Waals surface area contributed by atoms with E-state index in [0.717, 1.165) is 6.07 Å². The number of pyridine rings is 1. The molecule has 1 amide bonds. The maximum absolute atomic E-state index is 13.2. The Morgan fingerprint density at radius 2 is 1.89 bits per heavy atom. The molecule has 0 radical (unpaired) electrons. The van der Waals surface area contributed by atoms with Gasteiger partial charge in [0.15, 0.2) is 0 Å². The molecular weight excluding hydrogens is 538 g/mol. The van der Waals surface area contributed by atoms with Crippen molar-refractivity contribution in [1.82, 2.24) is 14.5 Å². The maximum Gasteiger partial charge on any atom is 0.573 e. The molecule has 0 bridgehead atoms. The third-order valence-electron chi connectivity index (χ3n) is 6.42. The van der Waals surface area contributed by atoms with Crippen LogP contribution in [0.5, 0.6) is 5.75 Å². The number of carbonyl (C=O) groups is 2. The summed E-state index contributed by atoms with van der Waals surface area (Å²) < 4.78 is 43.4. The molecule has 4 rings (SSSR count). The van der Waals surface area contributed by atoms with Crippen LogP contribution in [0.15, 0.2) is 30.5 Å².